The van der Waals surface area contributed by atoms with Crippen LogP contribution in [0.3, 0.4) is 0 Å². The molecule has 1 aliphatic heterocycles. The van der Waals surface area contributed by atoms with Crippen LogP contribution in [-0.2, 0) is 4.74 Å². The third-order valence-electron chi connectivity index (χ3n) is 4.54. The fourth-order valence-corrected chi connectivity index (χ4v) is 3.00. The number of pyridine rings is 2. The zero-order valence-electron chi connectivity index (χ0n) is 15.0. The molecule has 1 unspecified atom stereocenters. The minimum absolute atomic E-state index is 0.115. The molecule has 3 aromatic heterocycles. The molecule has 3 aromatic rings. The number of alkyl halides is 3. The molecule has 0 bridgehead atoms. The summed E-state index contributed by atoms with van der Waals surface area (Å²) >= 11 is 0. The van der Waals surface area contributed by atoms with Crippen LogP contribution in [0, 0.1) is 0 Å². The van der Waals surface area contributed by atoms with Crippen molar-refractivity contribution < 1.29 is 22.6 Å². The predicted octanol–water partition coefficient (Wildman–Crippen LogP) is 3.19. The van der Waals surface area contributed by atoms with Gasteiger partial charge in [0.1, 0.15) is 11.5 Å². The van der Waals surface area contributed by atoms with Gasteiger partial charge in [-0.25, -0.2) is 9.97 Å². The van der Waals surface area contributed by atoms with E-state index in [4.69, 9.17) is 9.47 Å². The van der Waals surface area contributed by atoms with Crippen molar-refractivity contribution >= 4 is 16.7 Å². The number of aromatic nitrogens is 4. The number of H-pyrrole nitrogens is 1. The first-order valence-electron chi connectivity index (χ1n) is 8.79. The van der Waals surface area contributed by atoms with Gasteiger partial charge in [-0.3, -0.25) is 5.10 Å². The van der Waals surface area contributed by atoms with Crippen molar-refractivity contribution in [3.8, 4) is 17.1 Å². The number of nitrogens with zero attached hydrogens (tertiary/aromatic N) is 4. The number of aromatic amines is 1. The monoisotopic (exact) mass is 393 g/mol. The van der Waals surface area contributed by atoms with Crippen molar-refractivity contribution in [2.24, 2.45) is 0 Å². The van der Waals surface area contributed by atoms with Crippen molar-refractivity contribution in [1.82, 2.24) is 20.2 Å². The highest BCUT2D eigenvalue weighted by molar-refractivity contribution is 5.96. The van der Waals surface area contributed by atoms with Gasteiger partial charge in [-0.1, -0.05) is 0 Å². The smallest absolute Gasteiger partial charge is 0.425 e. The minimum Gasteiger partial charge on any atom is -0.464 e. The average molecular weight is 393 g/mol. The van der Waals surface area contributed by atoms with E-state index in [1.165, 1.54) is 6.20 Å². The van der Waals surface area contributed by atoms with Crippen LogP contribution in [-0.4, -0.2) is 58.7 Å². The van der Waals surface area contributed by atoms with E-state index in [0.29, 0.717) is 35.4 Å². The van der Waals surface area contributed by atoms with E-state index < -0.39 is 12.3 Å². The molecule has 7 nitrogen and oxygen atoms in total. The molecule has 10 heteroatoms. The highest BCUT2D eigenvalue weighted by Gasteiger charge is 2.38. The van der Waals surface area contributed by atoms with E-state index in [2.05, 4.69) is 25.1 Å². The first-order valence-corrected chi connectivity index (χ1v) is 8.79. The molecule has 1 aliphatic rings. The maximum absolute atomic E-state index is 12.9. The Morgan fingerprint density at radius 2 is 1.93 bits per heavy atom. The number of morpholine rings is 1. The summed E-state index contributed by atoms with van der Waals surface area (Å²) in [4.78, 5) is 10.5. The second-order valence-corrected chi connectivity index (χ2v) is 6.41. The molecule has 4 rings (SSSR count). The highest BCUT2D eigenvalue weighted by atomic mass is 19.4. The van der Waals surface area contributed by atoms with E-state index in [-0.39, 0.29) is 5.88 Å². The van der Waals surface area contributed by atoms with Gasteiger partial charge in [0.25, 0.3) is 0 Å². The number of nitrogens with one attached hydrogen (secondary N) is 1. The molecule has 0 spiro atoms. The zero-order chi connectivity index (χ0) is 19.7. The first kappa shape index (κ1) is 18.5. The van der Waals surface area contributed by atoms with Crippen molar-refractivity contribution in [2.45, 2.75) is 19.2 Å². The maximum atomic E-state index is 12.9. The molecule has 1 N–H and O–H groups in total. The van der Waals surface area contributed by atoms with Crippen LogP contribution in [0.1, 0.15) is 6.92 Å². The molecule has 0 aromatic carbocycles. The van der Waals surface area contributed by atoms with Crippen molar-refractivity contribution in [3.05, 3.63) is 30.6 Å². The third-order valence-corrected chi connectivity index (χ3v) is 4.54. The van der Waals surface area contributed by atoms with Gasteiger partial charge in [-0.2, -0.15) is 18.3 Å². The number of hydrogen-bond acceptors (Lipinski definition) is 6. The number of rotatable bonds is 4. The van der Waals surface area contributed by atoms with Crippen LogP contribution in [0.15, 0.2) is 30.6 Å². The van der Waals surface area contributed by atoms with Crippen molar-refractivity contribution in [3.63, 3.8) is 0 Å². The van der Waals surface area contributed by atoms with E-state index >= 15 is 0 Å². The molecule has 28 heavy (non-hydrogen) atoms. The number of halogens is 3. The van der Waals surface area contributed by atoms with Crippen LogP contribution < -0.4 is 9.64 Å². The molecular weight excluding hydrogens is 375 g/mol. The molecule has 1 atom stereocenters. The van der Waals surface area contributed by atoms with E-state index in [1.807, 2.05) is 6.07 Å². The Kier molecular flexibility index (Phi) is 4.80. The Balaban J connectivity index is 1.73. The molecule has 4 heterocycles. The van der Waals surface area contributed by atoms with Crippen LogP contribution in [0.25, 0.3) is 22.2 Å². The maximum Gasteiger partial charge on any atom is 0.425 e. The lowest BCUT2D eigenvalue weighted by Gasteiger charge is -2.27. The van der Waals surface area contributed by atoms with Crippen LogP contribution in [0.5, 0.6) is 5.88 Å². The van der Waals surface area contributed by atoms with Crippen LogP contribution >= 0.6 is 0 Å². The summed E-state index contributed by atoms with van der Waals surface area (Å²) in [6.07, 6.45) is -3.45. The second-order valence-electron chi connectivity index (χ2n) is 6.41. The number of ether oxygens (including phenoxy) is 2. The topological polar surface area (TPSA) is 76.2 Å². The Morgan fingerprint density at radius 3 is 2.68 bits per heavy atom. The summed E-state index contributed by atoms with van der Waals surface area (Å²) in [7, 11) is 0. The van der Waals surface area contributed by atoms with Crippen molar-refractivity contribution in [2.75, 3.05) is 31.2 Å². The summed E-state index contributed by atoms with van der Waals surface area (Å²) in [6.45, 7) is 3.62. The summed E-state index contributed by atoms with van der Waals surface area (Å²) < 4.78 is 49.3. The fraction of sp³-hybridized carbons (Fsp3) is 0.389. The third kappa shape index (κ3) is 3.59. The molecule has 1 fully saturated rings. The molecule has 1 saturated heterocycles. The minimum atomic E-state index is -4.49. The summed E-state index contributed by atoms with van der Waals surface area (Å²) in [5, 5.41) is 7.52. The van der Waals surface area contributed by atoms with Gasteiger partial charge in [-0.15, -0.1) is 0 Å². The number of anilines is 1. The molecule has 0 radical (unpaired) electrons. The SMILES string of the molecule is CC(Oc1nccc2[nH]nc(-c3ccnc(N4CCOCC4)c3)c12)C(F)(F)F. The Labute approximate surface area is 158 Å². The Morgan fingerprint density at radius 1 is 1.18 bits per heavy atom. The van der Waals surface area contributed by atoms with E-state index in [9.17, 15) is 13.2 Å². The van der Waals surface area contributed by atoms with Gasteiger partial charge in [0.15, 0.2) is 6.10 Å². The lowest BCUT2D eigenvalue weighted by molar-refractivity contribution is -0.189. The largest absolute Gasteiger partial charge is 0.464 e. The highest BCUT2D eigenvalue weighted by Crippen LogP contribution is 2.35. The lowest BCUT2D eigenvalue weighted by Crippen LogP contribution is -2.36. The second kappa shape index (κ2) is 7.27. The molecule has 148 valence electrons. The van der Waals surface area contributed by atoms with Crippen molar-refractivity contribution in [1.29, 1.82) is 0 Å². The van der Waals surface area contributed by atoms with E-state index in [1.54, 1.807) is 18.3 Å². The van der Waals surface area contributed by atoms with Gasteiger partial charge in [0.2, 0.25) is 5.88 Å². The molecule has 0 saturated carbocycles. The lowest BCUT2D eigenvalue weighted by atomic mass is 10.1. The molecule has 0 aliphatic carbocycles. The zero-order valence-corrected chi connectivity index (χ0v) is 15.0. The number of fused-ring (bicyclic) bond motifs is 1. The van der Waals surface area contributed by atoms with Crippen LogP contribution in [0.4, 0.5) is 19.0 Å². The Bertz CT molecular complexity index is 969. The van der Waals surface area contributed by atoms with Gasteiger partial charge in [0, 0.05) is 31.0 Å². The first-order chi connectivity index (χ1) is 13.4. The average Bonchev–Trinajstić information content (AvgIpc) is 3.13. The fourth-order valence-electron chi connectivity index (χ4n) is 3.00. The van der Waals surface area contributed by atoms with Crippen LogP contribution in [0.2, 0.25) is 0 Å². The summed E-state index contributed by atoms with van der Waals surface area (Å²) in [6, 6.07) is 5.25. The normalized spacial score (nSPS) is 16.4. The standard InChI is InChI=1S/C18H18F3N5O2/c1-11(18(19,20)21)28-17-15-13(3-5-23-17)24-25-16(15)12-2-4-22-14(10-12)26-6-8-27-9-7-26/h2-5,10-11H,6-9H2,1H3,(H,24,25). The summed E-state index contributed by atoms with van der Waals surface area (Å²) in [5.74, 6) is 0.641. The molecule has 0 amide bonds. The Hall–Kier alpha value is -2.88. The summed E-state index contributed by atoms with van der Waals surface area (Å²) in [5.41, 5.74) is 1.71. The van der Waals surface area contributed by atoms with Gasteiger partial charge >= 0.3 is 6.18 Å². The van der Waals surface area contributed by atoms with Gasteiger partial charge < -0.3 is 14.4 Å². The predicted molar refractivity (Wildman–Crippen MR) is 96.3 cm³/mol. The van der Waals surface area contributed by atoms with Gasteiger partial charge in [-0.05, 0) is 25.1 Å². The van der Waals surface area contributed by atoms with E-state index in [0.717, 1.165) is 25.8 Å². The quantitative estimate of drug-likeness (QED) is 0.734. The molecular formula is C18H18F3N5O2. The van der Waals surface area contributed by atoms with Gasteiger partial charge in [0.05, 0.1) is 24.1 Å². The number of hydrogen-bond donors (Lipinski definition) is 1.